The molecule has 0 radical (unpaired) electrons. The molecule has 0 saturated heterocycles. The normalized spacial score (nSPS) is 11.6. The van der Waals surface area contributed by atoms with Crippen molar-refractivity contribution in [3.63, 3.8) is 0 Å². The Bertz CT molecular complexity index is 1480. The van der Waals surface area contributed by atoms with Gasteiger partial charge in [0, 0.05) is 32.6 Å². The number of benzene rings is 2. The van der Waals surface area contributed by atoms with Crippen molar-refractivity contribution in [3.8, 4) is 11.1 Å². The lowest BCUT2D eigenvalue weighted by Crippen LogP contribution is -2.06. The molecule has 0 aliphatic rings. The highest BCUT2D eigenvalue weighted by molar-refractivity contribution is 8.13. The van der Waals surface area contributed by atoms with Crippen LogP contribution in [0.4, 0.5) is 0 Å². The first-order valence-electron chi connectivity index (χ1n) is 8.42. The zero-order chi connectivity index (χ0) is 21.6. The van der Waals surface area contributed by atoms with Crippen LogP contribution in [0, 0.1) is 0 Å². The largest absolute Gasteiger partial charge is 0.477 e. The average Bonchev–Trinajstić information content (AvgIpc) is 2.71. The summed E-state index contributed by atoms with van der Waals surface area (Å²) in [4.78, 5) is 31.3. The van der Waals surface area contributed by atoms with E-state index in [4.69, 9.17) is 10.7 Å². The molecule has 0 spiro atoms. The molecule has 150 valence electrons. The van der Waals surface area contributed by atoms with Gasteiger partial charge < -0.3 is 10.2 Å². The Balaban J connectivity index is 2.11. The van der Waals surface area contributed by atoms with Crippen molar-refractivity contribution < 1.29 is 28.2 Å². The van der Waals surface area contributed by atoms with Crippen LogP contribution in [0.1, 0.15) is 21.0 Å². The van der Waals surface area contributed by atoms with Crippen LogP contribution < -0.4 is 0 Å². The lowest BCUT2D eigenvalue weighted by atomic mass is 10.00. The number of hydrogen-bond acceptors (Lipinski definition) is 6. The van der Waals surface area contributed by atoms with Gasteiger partial charge in [-0.05, 0) is 18.2 Å². The van der Waals surface area contributed by atoms with E-state index < -0.39 is 26.7 Å². The maximum Gasteiger partial charge on any atom is 0.355 e. The van der Waals surface area contributed by atoms with Crippen LogP contribution in [-0.4, -0.2) is 40.5 Å². The number of nitrogens with zero attached hydrogens (tertiary/aromatic N) is 2. The molecule has 30 heavy (non-hydrogen) atoms. The predicted octanol–water partition coefficient (Wildman–Crippen LogP) is 3.77. The van der Waals surface area contributed by atoms with Gasteiger partial charge in [-0.25, -0.2) is 28.0 Å². The fourth-order valence-electron chi connectivity index (χ4n) is 3.21. The summed E-state index contributed by atoms with van der Waals surface area (Å²) in [6.45, 7) is 0. The summed E-state index contributed by atoms with van der Waals surface area (Å²) in [7, 11) is 1.37. The van der Waals surface area contributed by atoms with Gasteiger partial charge in [0.05, 0.1) is 15.9 Å². The number of aromatic carboxylic acids is 2. The van der Waals surface area contributed by atoms with Crippen molar-refractivity contribution in [2.75, 3.05) is 0 Å². The van der Waals surface area contributed by atoms with E-state index in [9.17, 15) is 28.2 Å². The molecule has 2 N–H and O–H groups in total. The van der Waals surface area contributed by atoms with Gasteiger partial charge in [0.2, 0.25) is 0 Å². The van der Waals surface area contributed by atoms with Crippen LogP contribution in [0.15, 0.2) is 59.5 Å². The summed E-state index contributed by atoms with van der Waals surface area (Å²) >= 11 is 0. The molecule has 10 heteroatoms. The number of fused-ring (bicyclic) bond motifs is 3. The van der Waals surface area contributed by atoms with E-state index in [-0.39, 0.29) is 32.7 Å². The summed E-state index contributed by atoms with van der Waals surface area (Å²) in [5.74, 6) is -2.62. The van der Waals surface area contributed by atoms with E-state index in [1.54, 1.807) is 24.3 Å². The van der Waals surface area contributed by atoms with E-state index in [2.05, 4.69) is 9.97 Å². The molecule has 2 aromatic heterocycles. The predicted molar refractivity (Wildman–Crippen MR) is 109 cm³/mol. The minimum Gasteiger partial charge on any atom is -0.477 e. The lowest BCUT2D eigenvalue weighted by molar-refractivity contribution is 0.0680. The highest BCUT2D eigenvalue weighted by atomic mass is 35.7. The maximum atomic E-state index is 12.0. The van der Waals surface area contributed by atoms with Crippen LogP contribution in [0.2, 0.25) is 0 Å². The van der Waals surface area contributed by atoms with Crippen molar-refractivity contribution in [1.82, 2.24) is 9.97 Å². The number of aromatic nitrogens is 2. The van der Waals surface area contributed by atoms with E-state index in [1.807, 2.05) is 0 Å². The Morgan fingerprint density at radius 3 is 2.10 bits per heavy atom. The molecular formula is C20H11ClN2O6S. The molecule has 2 heterocycles. The van der Waals surface area contributed by atoms with Crippen molar-refractivity contribution in [2.45, 2.75) is 4.90 Å². The first kappa shape index (κ1) is 19.7. The smallest absolute Gasteiger partial charge is 0.355 e. The molecule has 0 atom stereocenters. The molecule has 2 aromatic carbocycles. The summed E-state index contributed by atoms with van der Waals surface area (Å²) in [6, 6.07) is 13.5. The van der Waals surface area contributed by atoms with Crippen molar-refractivity contribution in [3.05, 3.63) is 66.0 Å². The summed E-state index contributed by atoms with van der Waals surface area (Å²) < 4.78 is 24.0. The molecule has 0 aliphatic carbocycles. The Morgan fingerprint density at radius 2 is 1.43 bits per heavy atom. The fourth-order valence-corrected chi connectivity index (χ4v) is 4.29. The zero-order valence-corrected chi connectivity index (χ0v) is 16.5. The molecule has 8 nitrogen and oxygen atoms in total. The fraction of sp³-hybridized carbons (Fsp3) is 0. The third-order valence-corrected chi connectivity index (χ3v) is 5.89. The maximum absolute atomic E-state index is 12.0. The van der Waals surface area contributed by atoms with Crippen molar-refractivity contribution >= 4 is 53.5 Å². The first-order chi connectivity index (χ1) is 14.2. The van der Waals surface area contributed by atoms with Gasteiger partial charge in [0.25, 0.3) is 9.05 Å². The number of carboxylic acid groups (broad SMARTS) is 2. The molecule has 0 unspecified atom stereocenters. The summed E-state index contributed by atoms with van der Waals surface area (Å²) in [5, 5.41) is 20.0. The first-order valence-corrected chi connectivity index (χ1v) is 10.7. The second-order valence-electron chi connectivity index (χ2n) is 6.33. The van der Waals surface area contributed by atoms with Gasteiger partial charge in [-0.1, -0.05) is 36.4 Å². The Morgan fingerprint density at radius 1 is 0.800 bits per heavy atom. The minimum atomic E-state index is -4.15. The Kier molecular flexibility index (Phi) is 4.64. The Hall–Kier alpha value is -3.56. The van der Waals surface area contributed by atoms with E-state index in [0.29, 0.717) is 10.8 Å². The van der Waals surface area contributed by atoms with Gasteiger partial charge in [0.15, 0.2) is 5.69 Å². The lowest BCUT2D eigenvalue weighted by Gasteiger charge is -2.12. The van der Waals surface area contributed by atoms with Gasteiger partial charge in [-0.15, -0.1) is 0 Å². The number of hydrogen-bond donors (Lipinski definition) is 2. The quantitative estimate of drug-likeness (QED) is 0.360. The minimum absolute atomic E-state index is 0.0589. The number of halogens is 1. The van der Waals surface area contributed by atoms with Gasteiger partial charge in [-0.3, -0.25) is 0 Å². The molecule has 0 saturated carbocycles. The Labute approximate surface area is 173 Å². The van der Waals surface area contributed by atoms with Crippen LogP contribution in [0.3, 0.4) is 0 Å². The van der Waals surface area contributed by atoms with Gasteiger partial charge in [-0.2, -0.15) is 0 Å². The van der Waals surface area contributed by atoms with Crippen LogP contribution in [-0.2, 0) is 9.05 Å². The zero-order valence-electron chi connectivity index (χ0n) is 14.9. The number of rotatable bonds is 4. The summed E-state index contributed by atoms with van der Waals surface area (Å²) in [6.07, 6.45) is 0. The second-order valence-corrected chi connectivity index (χ2v) is 8.87. The topological polar surface area (TPSA) is 135 Å². The van der Waals surface area contributed by atoms with Crippen molar-refractivity contribution in [2.24, 2.45) is 0 Å². The molecule has 0 amide bonds. The standard InChI is InChI=1S/C20H11ClN2O6S/c21-30(28,29)15-4-2-1-3-12(15)13-9-11-6-5-10-7-8-14(19(24)25)22-16(10)17(11)23-18(13)20(26)27/h1-9H,(H,24,25)(H,26,27). The van der Waals surface area contributed by atoms with Crippen molar-refractivity contribution in [1.29, 1.82) is 0 Å². The van der Waals surface area contributed by atoms with Gasteiger partial charge >= 0.3 is 11.9 Å². The van der Waals surface area contributed by atoms with E-state index in [0.717, 1.165) is 0 Å². The highest BCUT2D eigenvalue weighted by Gasteiger charge is 2.23. The van der Waals surface area contributed by atoms with Crippen LogP contribution >= 0.6 is 10.7 Å². The number of carboxylic acids is 2. The average molecular weight is 443 g/mol. The third-order valence-electron chi connectivity index (χ3n) is 4.51. The van der Waals surface area contributed by atoms with Crippen LogP contribution in [0.25, 0.3) is 32.9 Å². The van der Waals surface area contributed by atoms with E-state index >= 15 is 0 Å². The molecule has 0 aliphatic heterocycles. The molecule has 4 aromatic rings. The monoisotopic (exact) mass is 442 g/mol. The van der Waals surface area contributed by atoms with E-state index in [1.165, 1.54) is 30.3 Å². The molecule has 0 fully saturated rings. The number of pyridine rings is 2. The molecule has 4 rings (SSSR count). The molecule has 0 bridgehead atoms. The van der Waals surface area contributed by atoms with Gasteiger partial charge in [0.1, 0.15) is 5.69 Å². The second kappa shape index (κ2) is 7.05. The third kappa shape index (κ3) is 3.34. The SMILES string of the molecule is O=C(O)c1ccc2ccc3cc(-c4ccccc4S(=O)(=O)Cl)c(C(=O)O)nc3c2n1. The van der Waals surface area contributed by atoms with Crippen LogP contribution in [0.5, 0.6) is 0 Å². The highest BCUT2D eigenvalue weighted by Crippen LogP contribution is 2.34. The molecular weight excluding hydrogens is 432 g/mol. The summed E-state index contributed by atoms with van der Waals surface area (Å²) in [5.41, 5.74) is -0.0699. The number of carbonyl (C=O) groups is 2.